The Hall–Kier alpha value is -1.65. The van der Waals surface area contributed by atoms with Crippen molar-refractivity contribution in [2.24, 2.45) is 0 Å². The fraction of sp³-hybridized carbons (Fsp3) is 0.474. The van der Waals surface area contributed by atoms with Crippen LogP contribution in [-0.2, 0) is 4.74 Å². The summed E-state index contributed by atoms with van der Waals surface area (Å²) in [7, 11) is 0. The highest BCUT2D eigenvalue weighted by Crippen LogP contribution is 2.40. The van der Waals surface area contributed by atoms with Gasteiger partial charge in [0, 0.05) is 24.2 Å². The Morgan fingerprint density at radius 3 is 2.96 bits per heavy atom. The summed E-state index contributed by atoms with van der Waals surface area (Å²) in [6, 6.07) is 7.42. The maximum atomic E-state index is 12.8. The van der Waals surface area contributed by atoms with Crippen LogP contribution in [0.2, 0.25) is 5.02 Å². The number of aromatic nitrogens is 1. The van der Waals surface area contributed by atoms with Crippen LogP contribution in [0.4, 0.5) is 0 Å². The van der Waals surface area contributed by atoms with Gasteiger partial charge in [-0.25, -0.2) is 0 Å². The SMILES string of the molecule is O=C(NC1CCOC2(CCCC2)C1)c1ccc(Cl)c2cccnc12. The lowest BCUT2D eigenvalue weighted by atomic mass is 9.89. The minimum Gasteiger partial charge on any atom is -0.375 e. The molecule has 4 nitrogen and oxygen atoms in total. The van der Waals surface area contributed by atoms with E-state index >= 15 is 0 Å². The minimum absolute atomic E-state index is 0.00346. The predicted octanol–water partition coefficient (Wildman–Crippen LogP) is 4.11. The highest BCUT2D eigenvalue weighted by molar-refractivity contribution is 6.36. The summed E-state index contributed by atoms with van der Waals surface area (Å²) >= 11 is 6.22. The zero-order valence-electron chi connectivity index (χ0n) is 13.6. The highest BCUT2D eigenvalue weighted by Gasteiger charge is 2.40. The first kappa shape index (κ1) is 15.9. The number of rotatable bonds is 2. The molecular weight excluding hydrogens is 324 g/mol. The summed E-state index contributed by atoms with van der Waals surface area (Å²) in [5.41, 5.74) is 1.24. The normalized spacial score (nSPS) is 22.8. The van der Waals surface area contributed by atoms with Crippen LogP contribution >= 0.6 is 11.6 Å². The summed E-state index contributed by atoms with van der Waals surface area (Å²) < 4.78 is 6.05. The van der Waals surface area contributed by atoms with E-state index in [0.717, 1.165) is 37.7 Å². The first-order chi connectivity index (χ1) is 11.7. The Bertz CT molecular complexity index is 771. The third kappa shape index (κ3) is 2.89. The Kier molecular flexibility index (Phi) is 4.19. The van der Waals surface area contributed by atoms with Crippen LogP contribution in [0.3, 0.4) is 0 Å². The average Bonchev–Trinajstić information content (AvgIpc) is 3.03. The summed E-state index contributed by atoms with van der Waals surface area (Å²) in [4.78, 5) is 17.2. The molecule has 24 heavy (non-hydrogen) atoms. The van der Waals surface area contributed by atoms with Crippen molar-refractivity contribution in [1.29, 1.82) is 0 Å². The number of carbonyl (C=O) groups is 1. The third-order valence-electron chi connectivity index (χ3n) is 5.30. The molecule has 1 aromatic carbocycles. The van der Waals surface area contributed by atoms with Crippen LogP contribution in [0, 0.1) is 0 Å². The van der Waals surface area contributed by atoms with E-state index in [9.17, 15) is 4.79 Å². The summed E-state index contributed by atoms with van der Waals surface area (Å²) in [5.74, 6) is -0.0737. The zero-order chi connectivity index (χ0) is 16.6. The number of nitrogens with one attached hydrogen (secondary N) is 1. The molecule has 2 aromatic rings. The van der Waals surface area contributed by atoms with Gasteiger partial charge < -0.3 is 10.1 Å². The molecule has 1 spiro atoms. The van der Waals surface area contributed by atoms with E-state index in [1.165, 1.54) is 12.8 Å². The van der Waals surface area contributed by atoms with Crippen molar-refractivity contribution in [1.82, 2.24) is 10.3 Å². The summed E-state index contributed by atoms with van der Waals surface area (Å²) in [5, 5.41) is 4.62. The van der Waals surface area contributed by atoms with Crippen LogP contribution in [-0.4, -0.2) is 29.1 Å². The van der Waals surface area contributed by atoms with E-state index < -0.39 is 0 Å². The van der Waals surface area contributed by atoms with Crippen molar-refractivity contribution in [2.75, 3.05) is 6.61 Å². The topological polar surface area (TPSA) is 51.2 Å². The number of hydrogen-bond acceptors (Lipinski definition) is 3. The molecule has 4 rings (SSSR count). The number of pyridine rings is 1. The molecule has 1 N–H and O–H groups in total. The van der Waals surface area contributed by atoms with Gasteiger partial charge in [-0.2, -0.15) is 0 Å². The standard InChI is InChI=1S/C19H21ClN2O2/c20-16-6-5-15(17-14(16)4-3-10-21-17)18(23)22-13-7-11-24-19(12-13)8-1-2-9-19/h3-6,10,13H,1-2,7-9,11-12H2,(H,22,23). The van der Waals surface area contributed by atoms with Crippen molar-refractivity contribution in [2.45, 2.75) is 50.2 Å². The largest absolute Gasteiger partial charge is 0.375 e. The minimum atomic E-state index is -0.0737. The Morgan fingerprint density at radius 1 is 1.29 bits per heavy atom. The number of halogens is 1. The van der Waals surface area contributed by atoms with Gasteiger partial charge >= 0.3 is 0 Å². The number of ether oxygens (including phenoxy) is 1. The number of hydrogen-bond donors (Lipinski definition) is 1. The van der Waals surface area contributed by atoms with Gasteiger partial charge in [0.05, 0.1) is 21.7 Å². The number of nitrogens with zero attached hydrogens (tertiary/aromatic N) is 1. The van der Waals surface area contributed by atoms with Gasteiger partial charge in [-0.05, 0) is 49.9 Å². The van der Waals surface area contributed by atoms with Crippen LogP contribution in [0.25, 0.3) is 10.9 Å². The molecule has 1 saturated heterocycles. The van der Waals surface area contributed by atoms with E-state index in [1.54, 1.807) is 18.3 Å². The van der Waals surface area contributed by atoms with Gasteiger partial charge in [0.2, 0.25) is 0 Å². The smallest absolute Gasteiger partial charge is 0.253 e. The Morgan fingerprint density at radius 2 is 2.12 bits per heavy atom. The second kappa shape index (κ2) is 6.34. The monoisotopic (exact) mass is 344 g/mol. The second-order valence-electron chi connectivity index (χ2n) is 6.90. The average molecular weight is 345 g/mol. The van der Waals surface area contributed by atoms with Crippen molar-refractivity contribution < 1.29 is 9.53 Å². The Balaban J connectivity index is 1.55. The third-order valence-corrected chi connectivity index (χ3v) is 5.63. The van der Waals surface area contributed by atoms with Crippen LogP contribution in [0.1, 0.15) is 48.9 Å². The van der Waals surface area contributed by atoms with Crippen LogP contribution in [0.5, 0.6) is 0 Å². The van der Waals surface area contributed by atoms with Gasteiger partial charge in [0.25, 0.3) is 5.91 Å². The predicted molar refractivity (Wildman–Crippen MR) is 94.4 cm³/mol. The summed E-state index contributed by atoms with van der Waals surface area (Å²) in [6.45, 7) is 0.727. The van der Waals surface area contributed by atoms with Gasteiger partial charge in [0.15, 0.2) is 0 Å². The first-order valence-corrected chi connectivity index (χ1v) is 9.03. The molecular formula is C19H21ClN2O2. The highest BCUT2D eigenvalue weighted by atomic mass is 35.5. The fourth-order valence-corrected chi connectivity index (χ4v) is 4.32. The van der Waals surface area contributed by atoms with Gasteiger partial charge in [0.1, 0.15) is 0 Å². The lowest BCUT2D eigenvalue weighted by Gasteiger charge is -2.38. The molecule has 1 unspecified atom stereocenters. The number of amides is 1. The fourth-order valence-electron chi connectivity index (χ4n) is 4.10. The van der Waals surface area contributed by atoms with E-state index in [4.69, 9.17) is 16.3 Å². The molecule has 1 atom stereocenters. The van der Waals surface area contributed by atoms with E-state index in [1.807, 2.05) is 12.1 Å². The molecule has 0 radical (unpaired) electrons. The number of carbonyl (C=O) groups excluding carboxylic acids is 1. The molecule has 5 heteroatoms. The van der Waals surface area contributed by atoms with E-state index in [2.05, 4.69) is 10.3 Å². The van der Waals surface area contributed by atoms with Crippen LogP contribution in [0.15, 0.2) is 30.5 Å². The molecule has 126 valence electrons. The van der Waals surface area contributed by atoms with Crippen molar-refractivity contribution in [3.63, 3.8) is 0 Å². The van der Waals surface area contributed by atoms with E-state index in [0.29, 0.717) is 16.1 Å². The molecule has 2 heterocycles. The lowest BCUT2D eigenvalue weighted by molar-refractivity contribution is -0.0823. The molecule has 2 fully saturated rings. The lowest BCUT2D eigenvalue weighted by Crippen LogP contribution is -2.47. The molecule has 1 saturated carbocycles. The number of fused-ring (bicyclic) bond motifs is 1. The number of benzene rings is 1. The first-order valence-electron chi connectivity index (χ1n) is 8.65. The van der Waals surface area contributed by atoms with E-state index in [-0.39, 0.29) is 17.6 Å². The zero-order valence-corrected chi connectivity index (χ0v) is 14.3. The summed E-state index contributed by atoms with van der Waals surface area (Å²) in [6.07, 6.45) is 8.16. The Labute approximate surface area is 146 Å². The second-order valence-corrected chi connectivity index (χ2v) is 7.30. The van der Waals surface area contributed by atoms with Gasteiger partial charge in [-0.3, -0.25) is 9.78 Å². The van der Waals surface area contributed by atoms with Gasteiger partial charge in [-0.1, -0.05) is 24.4 Å². The molecule has 1 amide bonds. The molecule has 2 aliphatic rings. The van der Waals surface area contributed by atoms with Crippen molar-refractivity contribution >= 4 is 28.4 Å². The molecule has 1 aromatic heterocycles. The maximum absolute atomic E-state index is 12.8. The molecule has 0 bridgehead atoms. The van der Waals surface area contributed by atoms with Crippen molar-refractivity contribution in [3.05, 3.63) is 41.0 Å². The van der Waals surface area contributed by atoms with Gasteiger partial charge in [-0.15, -0.1) is 0 Å². The quantitative estimate of drug-likeness (QED) is 0.892. The van der Waals surface area contributed by atoms with Crippen LogP contribution < -0.4 is 5.32 Å². The maximum Gasteiger partial charge on any atom is 0.253 e. The molecule has 1 aliphatic carbocycles. The molecule has 1 aliphatic heterocycles. The van der Waals surface area contributed by atoms with Crippen molar-refractivity contribution in [3.8, 4) is 0 Å².